The molecule has 3 rings (SSSR count). The predicted molar refractivity (Wildman–Crippen MR) is 109 cm³/mol. The second kappa shape index (κ2) is 9.35. The molecule has 0 aliphatic rings. The van der Waals surface area contributed by atoms with E-state index in [-0.39, 0.29) is 22.9 Å². The molecule has 0 unspecified atom stereocenters. The van der Waals surface area contributed by atoms with Gasteiger partial charge in [-0.3, -0.25) is 10.1 Å². The highest BCUT2D eigenvalue weighted by molar-refractivity contribution is 5.78. The molecule has 1 heterocycles. The van der Waals surface area contributed by atoms with Gasteiger partial charge in [0.15, 0.2) is 5.58 Å². The quantitative estimate of drug-likeness (QED) is 0.249. The Morgan fingerprint density at radius 1 is 1.04 bits per heavy atom. The minimum absolute atomic E-state index is 0.0968. The van der Waals surface area contributed by atoms with Crippen molar-refractivity contribution in [2.75, 3.05) is 0 Å². The third-order valence-corrected chi connectivity index (χ3v) is 4.94. The van der Waals surface area contributed by atoms with Gasteiger partial charge in [0.2, 0.25) is 5.89 Å². The predicted octanol–water partition coefficient (Wildman–Crippen LogP) is 6.40. The first kappa shape index (κ1) is 19.9. The summed E-state index contributed by atoms with van der Waals surface area (Å²) in [5.74, 6) is 0.0877. The highest BCUT2D eigenvalue weighted by atomic mass is 16.6. The van der Waals surface area contributed by atoms with Crippen molar-refractivity contribution in [3.8, 4) is 17.2 Å². The van der Waals surface area contributed by atoms with Crippen molar-refractivity contribution in [3.63, 3.8) is 0 Å². The van der Waals surface area contributed by atoms with Gasteiger partial charge in [0.25, 0.3) is 5.69 Å². The molecular formula is C22H26N2O4. The topological polar surface area (TPSA) is 89.4 Å². The van der Waals surface area contributed by atoms with Crippen LogP contribution in [0.4, 0.5) is 5.69 Å². The van der Waals surface area contributed by atoms with Crippen LogP contribution in [0.5, 0.6) is 5.75 Å². The Hall–Kier alpha value is -2.89. The number of nitro benzene ring substituents is 1. The van der Waals surface area contributed by atoms with Gasteiger partial charge >= 0.3 is 0 Å². The smallest absolute Gasteiger partial charge is 0.270 e. The molecule has 0 radical (unpaired) electrons. The second-order valence-corrected chi connectivity index (χ2v) is 7.15. The van der Waals surface area contributed by atoms with Crippen molar-refractivity contribution in [2.45, 2.75) is 58.3 Å². The van der Waals surface area contributed by atoms with Crippen LogP contribution in [0.25, 0.3) is 22.6 Å². The molecule has 1 aromatic heterocycles. The van der Waals surface area contributed by atoms with Crippen LogP contribution in [-0.2, 0) is 6.42 Å². The Balaban J connectivity index is 1.68. The summed E-state index contributed by atoms with van der Waals surface area (Å²) in [4.78, 5) is 14.9. The fourth-order valence-corrected chi connectivity index (χ4v) is 3.34. The summed E-state index contributed by atoms with van der Waals surface area (Å²) in [5, 5.41) is 21.0. The van der Waals surface area contributed by atoms with Crippen molar-refractivity contribution in [2.24, 2.45) is 0 Å². The number of aryl methyl sites for hydroxylation is 1. The van der Waals surface area contributed by atoms with Crippen LogP contribution in [0.15, 0.2) is 40.8 Å². The molecule has 6 heteroatoms. The zero-order valence-corrected chi connectivity index (χ0v) is 16.2. The zero-order chi connectivity index (χ0) is 19.9. The van der Waals surface area contributed by atoms with E-state index in [0.717, 1.165) is 12.8 Å². The van der Waals surface area contributed by atoms with E-state index in [4.69, 9.17) is 4.42 Å². The summed E-state index contributed by atoms with van der Waals surface area (Å²) in [7, 11) is 0. The number of non-ortho nitro benzene ring substituents is 1. The van der Waals surface area contributed by atoms with Crippen molar-refractivity contribution in [3.05, 3.63) is 52.1 Å². The molecular weight excluding hydrogens is 356 g/mol. The summed E-state index contributed by atoms with van der Waals surface area (Å²) in [6, 6.07) is 9.71. The number of aromatic nitrogens is 1. The SMILES string of the molecule is CCCCCCCCCc1ccc2oc(-c3cc([N+](=O)[O-])ccc3O)nc2c1. The molecule has 0 amide bonds. The maximum absolute atomic E-state index is 11.0. The van der Waals surface area contributed by atoms with Gasteiger partial charge in [0.1, 0.15) is 11.3 Å². The standard InChI is InChI=1S/C22H26N2O4/c1-2-3-4-5-6-7-8-9-16-10-13-21-19(14-16)23-22(28-21)18-15-17(24(26)27)11-12-20(18)25/h10-15,25H,2-9H2,1H3. The van der Waals surface area contributed by atoms with Gasteiger partial charge in [-0.25, -0.2) is 4.98 Å². The highest BCUT2D eigenvalue weighted by Gasteiger charge is 2.17. The van der Waals surface area contributed by atoms with E-state index in [1.54, 1.807) is 0 Å². The molecule has 0 saturated heterocycles. The molecule has 0 saturated carbocycles. The van der Waals surface area contributed by atoms with Crippen LogP contribution < -0.4 is 0 Å². The van der Waals surface area contributed by atoms with Gasteiger partial charge in [0, 0.05) is 12.1 Å². The number of fused-ring (bicyclic) bond motifs is 1. The molecule has 2 aromatic carbocycles. The zero-order valence-electron chi connectivity index (χ0n) is 16.2. The monoisotopic (exact) mass is 382 g/mol. The summed E-state index contributed by atoms with van der Waals surface area (Å²) in [6.45, 7) is 2.23. The van der Waals surface area contributed by atoms with Crippen LogP contribution in [0, 0.1) is 10.1 Å². The Morgan fingerprint density at radius 3 is 2.54 bits per heavy atom. The Morgan fingerprint density at radius 2 is 1.79 bits per heavy atom. The molecule has 3 aromatic rings. The molecule has 0 aliphatic heterocycles. The number of nitrogens with zero attached hydrogens (tertiary/aromatic N) is 2. The van der Waals surface area contributed by atoms with Gasteiger partial charge in [-0.15, -0.1) is 0 Å². The van der Waals surface area contributed by atoms with E-state index >= 15 is 0 Å². The van der Waals surface area contributed by atoms with Gasteiger partial charge in [-0.2, -0.15) is 0 Å². The number of benzene rings is 2. The van der Waals surface area contributed by atoms with Gasteiger partial charge in [-0.1, -0.05) is 51.5 Å². The molecule has 28 heavy (non-hydrogen) atoms. The largest absolute Gasteiger partial charge is 0.507 e. The number of rotatable bonds is 10. The number of phenolic OH excluding ortho intramolecular Hbond substituents is 1. The molecule has 0 aliphatic carbocycles. The Bertz CT molecular complexity index is 949. The van der Waals surface area contributed by atoms with Crippen LogP contribution in [-0.4, -0.2) is 15.0 Å². The van der Waals surface area contributed by atoms with Gasteiger partial charge in [0.05, 0.1) is 10.5 Å². The third kappa shape index (κ3) is 4.88. The van der Waals surface area contributed by atoms with E-state index in [2.05, 4.69) is 11.9 Å². The summed E-state index contributed by atoms with van der Waals surface area (Å²) >= 11 is 0. The average Bonchev–Trinajstić information content (AvgIpc) is 3.10. The first-order chi connectivity index (χ1) is 13.6. The summed E-state index contributed by atoms with van der Waals surface area (Å²) in [6.07, 6.45) is 9.89. The fourth-order valence-electron chi connectivity index (χ4n) is 3.34. The molecule has 1 N–H and O–H groups in total. The lowest BCUT2D eigenvalue weighted by atomic mass is 10.0. The van der Waals surface area contributed by atoms with Crippen LogP contribution in [0.1, 0.15) is 57.4 Å². The molecule has 148 valence electrons. The summed E-state index contributed by atoms with van der Waals surface area (Å²) in [5.41, 5.74) is 2.60. The maximum Gasteiger partial charge on any atom is 0.270 e. The number of unbranched alkanes of at least 4 members (excludes halogenated alkanes) is 6. The lowest BCUT2D eigenvalue weighted by Gasteiger charge is -2.02. The van der Waals surface area contributed by atoms with Gasteiger partial charge in [-0.05, 0) is 36.6 Å². The van der Waals surface area contributed by atoms with Crippen molar-refractivity contribution >= 4 is 16.8 Å². The first-order valence-corrected chi connectivity index (χ1v) is 9.95. The minimum atomic E-state index is -0.508. The Labute approximate surface area is 164 Å². The lowest BCUT2D eigenvalue weighted by molar-refractivity contribution is -0.384. The van der Waals surface area contributed by atoms with Gasteiger partial charge < -0.3 is 9.52 Å². The number of nitro groups is 1. The Kier molecular flexibility index (Phi) is 6.63. The maximum atomic E-state index is 11.0. The van der Waals surface area contributed by atoms with E-state index in [1.807, 2.05) is 18.2 Å². The normalized spacial score (nSPS) is 11.2. The number of phenols is 1. The molecule has 0 bridgehead atoms. The number of hydrogen-bond acceptors (Lipinski definition) is 5. The van der Waals surface area contributed by atoms with E-state index < -0.39 is 4.92 Å². The van der Waals surface area contributed by atoms with Crippen LogP contribution >= 0.6 is 0 Å². The molecule has 0 spiro atoms. The first-order valence-electron chi connectivity index (χ1n) is 9.95. The highest BCUT2D eigenvalue weighted by Crippen LogP contribution is 2.34. The van der Waals surface area contributed by atoms with Crippen molar-refractivity contribution in [1.29, 1.82) is 0 Å². The molecule has 0 atom stereocenters. The van der Waals surface area contributed by atoms with Crippen LogP contribution in [0.3, 0.4) is 0 Å². The number of hydrogen-bond donors (Lipinski definition) is 1. The fraction of sp³-hybridized carbons (Fsp3) is 0.409. The number of oxazole rings is 1. The number of aromatic hydroxyl groups is 1. The lowest BCUT2D eigenvalue weighted by Crippen LogP contribution is -1.89. The van der Waals surface area contributed by atoms with E-state index in [0.29, 0.717) is 11.1 Å². The average molecular weight is 382 g/mol. The minimum Gasteiger partial charge on any atom is -0.507 e. The van der Waals surface area contributed by atoms with E-state index in [9.17, 15) is 15.2 Å². The second-order valence-electron chi connectivity index (χ2n) is 7.15. The van der Waals surface area contributed by atoms with Crippen molar-refractivity contribution in [1.82, 2.24) is 4.98 Å². The molecule has 0 fully saturated rings. The molecule has 6 nitrogen and oxygen atoms in total. The van der Waals surface area contributed by atoms with Crippen molar-refractivity contribution < 1.29 is 14.4 Å². The van der Waals surface area contributed by atoms with Crippen LogP contribution in [0.2, 0.25) is 0 Å². The summed E-state index contributed by atoms with van der Waals surface area (Å²) < 4.78 is 5.71. The third-order valence-electron chi connectivity index (χ3n) is 4.94. The van der Waals surface area contributed by atoms with E-state index in [1.165, 1.54) is 62.3 Å².